The maximum absolute atomic E-state index is 11.6. The van der Waals surface area contributed by atoms with Crippen LogP contribution in [0.4, 0.5) is 0 Å². The first-order valence-electron chi connectivity index (χ1n) is 5.27. The zero-order chi connectivity index (χ0) is 13.0. The number of benzene rings is 2. The fourth-order valence-electron chi connectivity index (χ4n) is 1.37. The van der Waals surface area contributed by atoms with Crippen molar-refractivity contribution in [1.82, 2.24) is 0 Å². The molecule has 0 aliphatic carbocycles. The third-order valence-electron chi connectivity index (χ3n) is 2.30. The number of aromatic hydroxyl groups is 1. The first-order valence-corrected chi connectivity index (χ1v) is 5.27. The van der Waals surface area contributed by atoms with E-state index in [-0.39, 0.29) is 40.9 Å². The van der Waals surface area contributed by atoms with E-state index in [0.717, 1.165) is 0 Å². The number of phenols is 1. The van der Waals surface area contributed by atoms with Crippen molar-refractivity contribution >= 4 is 41.5 Å². The van der Waals surface area contributed by atoms with E-state index >= 15 is 0 Å². The van der Waals surface area contributed by atoms with Crippen LogP contribution in [-0.4, -0.2) is 46.6 Å². The number of phenolic OH excluding ortho intramolecular Hbond substituents is 1. The van der Waals surface area contributed by atoms with Gasteiger partial charge in [-0.25, -0.2) is 9.59 Å². The second kappa shape index (κ2) is 7.09. The molecular formula is C14H11NaO4. The Bertz CT molecular complexity index is 564. The van der Waals surface area contributed by atoms with E-state index in [4.69, 9.17) is 9.84 Å². The molecule has 0 spiro atoms. The van der Waals surface area contributed by atoms with Crippen molar-refractivity contribution in [3.05, 3.63) is 65.7 Å². The summed E-state index contributed by atoms with van der Waals surface area (Å²) in [7, 11) is 0. The number of rotatable bonds is 2. The van der Waals surface area contributed by atoms with E-state index in [1.165, 1.54) is 24.3 Å². The Balaban J connectivity index is 0.00000180. The molecule has 2 aromatic rings. The molecule has 0 aromatic heterocycles. The average Bonchev–Trinajstić information content (AvgIpc) is 2.40. The quantitative estimate of drug-likeness (QED) is 0.511. The average molecular weight is 266 g/mol. The van der Waals surface area contributed by atoms with Gasteiger partial charge in [-0.05, 0) is 36.4 Å². The predicted octanol–water partition coefficient (Wildman–Crippen LogP) is 1.74. The van der Waals surface area contributed by atoms with Crippen LogP contribution < -0.4 is 0 Å². The summed E-state index contributed by atoms with van der Waals surface area (Å²) in [5.74, 6) is -1.40. The molecular weight excluding hydrogens is 255 g/mol. The van der Waals surface area contributed by atoms with Gasteiger partial charge in [-0.3, -0.25) is 0 Å². The van der Waals surface area contributed by atoms with Crippen molar-refractivity contribution in [3.8, 4) is 5.75 Å². The van der Waals surface area contributed by atoms with Crippen molar-refractivity contribution < 1.29 is 19.4 Å². The van der Waals surface area contributed by atoms with Crippen molar-refractivity contribution in [1.29, 1.82) is 0 Å². The van der Waals surface area contributed by atoms with Crippen LogP contribution in [0.5, 0.6) is 5.75 Å². The van der Waals surface area contributed by atoms with E-state index in [1.807, 2.05) is 0 Å². The molecule has 0 radical (unpaired) electrons. The standard InChI is InChI=1S/C14H10O4.Na.H/c15-12-8-6-11(7-9-12)14(17)18-13(16)10-4-2-1-3-5-10;;/h1-9,15H;;. The van der Waals surface area contributed by atoms with E-state index < -0.39 is 11.9 Å². The summed E-state index contributed by atoms with van der Waals surface area (Å²) in [5, 5.41) is 9.08. The van der Waals surface area contributed by atoms with Gasteiger partial charge in [-0.2, -0.15) is 0 Å². The molecule has 5 heteroatoms. The van der Waals surface area contributed by atoms with Gasteiger partial charge in [0.05, 0.1) is 11.1 Å². The molecule has 0 amide bonds. The van der Waals surface area contributed by atoms with Gasteiger partial charge in [0, 0.05) is 0 Å². The van der Waals surface area contributed by atoms with Gasteiger partial charge in [0.2, 0.25) is 0 Å². The normalized spacial score (nSPS) is 9.26. The molecule has 0 unspecified atom stereocenters. The molecule has 0 fully saturated rings. The summed E-state index contributed by atoms with van der Waals surface area (Å²) in [6, 6.07) is 13.7. The maximum atomic E-state index is 11.6. The predicted molar refractivity (Wildman–Crippen MR) is 71.4 cm³/mol. The number of carbonyl (C=O) groups is 2. The minimum atomic E-state index is -0.746. The molecule has 0 saturated heterocycles. The second-order valence-electron chi connectivity index (χ2n) is 3.59. The third kappa shape index (κ3) is 4.21. The topological polar surface area (TPSA) is 63.6 Å². The molecule has 0 atom stereocenters. The molecule has 2 aromatic carbocycles. The van der Waals surface area contributed by atoms with Gasteiger partial charge >= 0.3 is 41.5 Å². The van der Waals surface area contributed by atoms with Crippen LogP contribution in [0.15, 0.2) is 54.6 Å². The van der Waals surface area contributed by atoms with Crippen molar-refractivity contribution in [2.24, 2.45) is 0 Å². The third-order valence-corrected chi connectivity index (χ3v) is 2.30. The van der Waals surface area contributed by atoms with Crippen molar-refractivity contribution in [3.63, 3.8) is 0 Å². The Morgan fingerprint density at radius 1 is 0.789 bits per heavy atom. The Kier molecular flexibility index (Phi) is 5.76. The summed E-state index contributed by atoms with van der Waals surface area (Å²) >= 11 is 0. The van der Waals surface area contributed by atoms with Crippen LogP contribution in [0, 0.1) is 0 Å². The molecule has 0 aliphatic rings. The monoisotopic (exact) mass is 266 g/mol. The van der Waals surface area contributed by atoms with E-state index in [9.17, 15) is 9.59 Å². The first-order chi connectivity index (χ1) is 8.66. The van der Waals surface area contributed by atoms with E-state index in [1.54, 1.807) is 30.3 Å². The molecule has 4 nitrogen and oxygen atoms in total. The van der Waals surface area contributed by atoms with Gasteiger partial charge in [-0.1, -0.05) is 18.2 Å². The zero-order valence-electron chi connectivity index (χ0n) is 9.37. The Hall–Kier alpha value is -1.62. The van der Waals surface area contributed by atoms with Crippen molar-refractivity contribution in [2.45, 2.75) is 0 Å². The zero-order valence-corrected chi connectivity index (χ0v) is 9.37. The fourth-order valence-corrected chi connectivity index (χ4v) is 1.37. The summed E-state index contributed by atoms with van der Waals surface area (Å²) in [5.41, 5.74) is 0.515. The molecule has 0 aliphatic heterocycles. The Morgan fingerprint density at radius 2 is 1.26 bits per heavy atom. The summed E-state index contributed by atoms with van der Waals surface area (Å²) in [6.07, 6.45) is 0. The minimum absolute atomic E-state index is 0. The van der Waals surface area contributed by atoms with E-state index in [0.29, 0.717) is 5.56 Å². The summed E-state index contributed by atoms with van der Waals surface area (Å²) in [4.78, 5) is 23.2. The molecule has 19 heavy (non-hydrogen) atoms. The van der Waals surface area contributed by atoms with Crippen LogP contribution in [0.3, 0.4) is 0 Å². The van der Waals surface area contributed by atoms with E-state index in [2.05, 4.69) is 0 Å². The van der Waals surface area contributed by atoms with Gasteiger partial charge in [0.15, 0.2) is 0 Å². The number of hydrogen-bond donors (Lipinski definition) is 1. The molecule has 1 N–H and O–H groups in total. The van der Waals surface area contributed by atoms with Crippen LogP contribution >= 0.6 is 0 Å². The van der Waals surface area contributed by atoms with Crippen molar-refractivity contribution in [2.75, 3.05) is 0 Å². The summed E-state index contributed by atoms with van der Waals surface area (Å²) in [6.45, 7) is 0. The second-order valence-corrected chi connectivity index (χ2v) is 3.59. The Morgan fingerprint density at radius 3 is 1.79 bits per heavy atom. The molecule has 0 heterocycles. The SMILES string of the molecule is O=C(OC(=O)c1ccc(O)cc1)c1ccccc1.[NaH]. The van der Waals surface area contributed by atoms with Crippen LogP contribution in [-0.2, 0) is 4.74 Å². The number of ether oxygens (including phenoxy) is 1. The molecule has 0 saturated carbocycles. The fraction of sp³-hybridized carbons (Fsp3) is 0. The first kappa shape index (κ1) is 15.4. The molecule has 0 bridgehead atoms. The van der Waals surface area contributed by atoms with Crippen LogP contribution in [0.25, 0.3) is 0 Å². The van der Waals surface area contributed by atoms with Gasteiger partial charge < -0.3 is 9.84 Å². The van der Waals surface area contributed by atoms with Gasteiger partial charge in [0.25, 0.3) is 0 Å². The molecule has 92 valence electrons. The van der Waals surface area contributed by atoms with Crippen LogP contribution in [0.2, 0.25) is 0 Å². The number of hydrogen-bond acceptors (Lipinski definition) is 4. The van der Waals surface area contributed by atoms with Gasteiger partial charge in [-0.15, -0.1) is 0 Å². The van der Waals surface area contributed by atoms with Crippen LogP contribution in [0.1, 0.15) is 20.7 Å². The van der Waals surface area contributed by atoms with Gasteiger partial charge in [0.1, 0.15) is 5.75 Å². The summed E-state index contributed by atoms with van der Waals surface area (Å²) < 4.78 is 4.70. The Labute approximate surface area is 132 Å². The number of carbonyl (C=O) groups excluding carboxylic acids is 2. The molecule has 2 rings (SSSR count). The number of esters is 2.